The standard InChI is InChI=1S/C15H19Cl2NO3/c16-11-6-10(7-12(17)8-11)14(19)9-15(20)18-4-3-13-2-1-5-21-13/h6-8,13-14,19H,1-5,9H2,(H,18,20). The van der Waals surface area contributed by atoms with E-state index < -0.39 is 6.10 Å². The van der Waals surface area contributed by atoms with Gasteiger partial charge in [-0.1, -0.05) is 23.2 Å². The monoisotopic (exact) mass is 331 g/mol. The molecule has 1 aromatic rings. The van der Waals surface area contributed by atoms with Gasteiger partial charge in [0.15, 0.2) is 0 Å². The van der Waals surface area contributed by atoms with Crippen LogP contribution in [0.25, 0.3) is 0 Å². The summed E-state index contributed by atoms with van der Waals surface area (Å²) in [7, 11) is 0. The number of aliphatic hydroxyl groups excluding tert-OH is 1. The summed E-state index contributed by atoms with van der Waals surface area (Å²) in [5.41, 5.74) is 0.543. The summed E-state index contributed by atoms with van der Waals surface area (Å²) in [6.45, 7) is 1.37. The van der Waals surface area contributed by atoms with E-state index >= 15 is 0 Å². The van der Waals surface area contributed by atoms with Gasteiger partial charge in [-0.05, 0) is 43.0 Å². The van der Waals surface area contributed by atoms with Crippen molar-refractivity contribution in [2.75, 3.05) is 13.2 Å². The van der Waals surface area contributed by atoms with E-state index in [2.05, 4.69) is 5.32 Å². The zero-order chi connectivity index (χ0) is 15.2. The minimum Gasteiger partial charge on any atom is -0.388 e. The summed E-state index contributed by atoms with van der Waals surface area (Å²) in [6, 6.07) is 4.80. The second-order valence-electron chi connectivity index (χ2n) is 5.20. The van der Waals surface area contributed by atoms with Crippen LogP contribution in [-0.2, 0) is 9.53 Å². The van der Waals surface area contributed by atoms with Crippen molar-refractivity contribution in [1.82, 2.24) is 5.32 Å². The highest BCUT2D eigenvalue weighted by molar-refractivity contribution is 6.34. The lowest BCUT2D eigenvalue weighted by atomic mass is 10.1. The Kier molecular flexibility index (Phi) is 6.30. The van der Waals surface area contributed by atoms with Gasteiger partial charge in [0.2, 0.25) is 5.91 Å². The molecule has 1 fully saturated rings. The number of nitrogens with one attached hydrogen (secondary N) is 1. The Labute approximate surface area is 134 Å². The first-order chi connectivity index (χ1) is 10.0. The normalized spacial score (nSPS) is 19.5. The minimum atomic E-state index is -0.913. The van der Waals surface area contributed by atoms with Crippen molar-refractivity contribution in [3.63, 3.8) is 0 Å². The van der Waals surface area contributed by atoms with Crippen molar-refractivity contribution in [3.05, 3.63) is 33.8 Å². The van der Waals surface area contributed by atoms with Gasteiger partial charge >= 0.3 is 0 Å². The number of carbonyl (C=O) groups is 1. The Morgan fingerprint density at radius 1 is 1.38 bits per heavy atom. The molecule has 0 bridgehead atoms. The van der Waals surface area contributed by atoms with E-state index in [1.54, 1.807) is 18.2 Å². The molecule has 1 aromatic carbocycles. The molecule has 1 heterocycles. The van der Waals surface area contributed by atoms with Crippen molar-refractivity contribution in [3.8, 4) is 0 Å². The fourth-order valence-electron chi connectivity index (χ4n) is 2.38. The molecule has 0 aliphatic carbocycles. The largest absolute Gasteiger partial charge is 0.388 e. The lowest BCUT2D eigenvalue weighted by Gasteiger charge is -2.13. The number of halogens is 2. The molecule has 1 aliphatic heterocycles. The summed E-state index contributed by atoms with van der Waals surface area (Å²) >= 11 is 11.8. The first-order valence-corrected chi connectivity index (χ1v) is 7.82. The molecule has 0 saturated carbocycles. The number of carbonyl (C=O) groups excluding carboxylic acids is 1. The van der Waals surface area contributed by atoms with E-state index in [1.165, 1.54) is 0 Å². The van der Waals surface area contributed by atoms with Gasteiger partial charge in [-0.15, -0.1) is 0 Å². The van der Waals surface area contributed by atoms with Crippen LogP contribution in [-0.4, -0.2) is 30.3 Å². The Morgan fingerprint density at radius 2 is 2.10 bits per heavy atom. The molecule has 2 atom stereocenters. The zero-order valence-corrected chi connectivity index (χ0v) is 13.2. The van der Waals surface area contributed by atoms with Gasteiger partial charge < -0.3 is 15.2 Å². The third-order valence-corrected chi connectivity index (χ3v) is 3.90. The minimum absolute atomic E-state index is 0.0117. The Balaban J connectivity index is 1.75. The molecule has 1 saturated heterocycles. The van der Waals surface area contributed by atoms with Crippen LogP contribution in [0.2, 0.25) is 10.0 Å². The number of rotatable bonds is 6. The summed E-state index contributed by atoms with van der Waals surface area (Å²) in [6.07, 6.45) is 2.28. The second-order valence-corrected chi connectivity index (χ2v) is 6.07. The van der Waals surface area contributed by atoms with Crippen LogP contribution in [0.1, 0.15) is 37.4 Å². The van der Waals surface area contributed by atoms with Crippen molar-refractivity contribution < 1.29 is 14.6 Å². The fourth-order valence-corrected chi connectivity index (χ4v) is 2.92. The maximum Gasteiger partial charge on any atom is 0.222 e. The lowest BCUT2D eigenvalue weighted by Crippen LogP contribution is -2.28. The predicted molar refractivity (Wildman–Crippen MR) is 82.6 cm³/mol. The van der Waals surface area contributed by atoms with Crippen LogP contribution in [0.4, 0.5) is 0 Å². The van der Waals surface area contributed by atoms with Crippen molar-refractivity contribution in [1.29, 1.82) is 0 Å². The molecular formula is C15H19Cl2NO3. The molecule has 2 rings (SSSR count). The molecule has 0 radical (unpaired) electrons. The zero-order valence-electron chi connectivity index (χ0n) is 11.6. The van der Waals surface area contributed by atoms with Gasteiger partial charge in [0.05, 0.1) is 18.6 Å². The Morgan fingerprint density at radius 3 is 2.71 bits per heavy atom. The third kappa shape index (κ3) is 5.47. The highest BCUT2D eigenvalue weighted by Gasteiger charge is 2.17. The highest BCUT2D eigenvalue weighted by atomic mass is 35.5. The van der Waals surface area contributed by atoms with E-state index in [1.807, 2.05) is 0 Å². The average Bonchev–Trinajstić information content (AvgIpc) is 2.90. The molecule has 1 amide bonds. The predicted octanol–water partition coefficient (Wildman–Crippen LogP) is 3.10. The first kappa shape index (κ1) is 16.6. The smallest absolute Gasteiger partial charge is 0.222 e. The Hall–Kier alpha value is -0.810. The quantitative estimate of drug-likeness (QED) is 0.842. The van der Waals surface area contributed by atoms with Gasteiger partial charge in [0, 0.05) is 23.2 Å². The van der Waals surface area contributed by atoms with Crippen molar-refractivity contribution in [2.24, 2.45) is 0 Å². The maximum atomic E-state index is 11.8. The topological polar surface area (TPSA) is 58.6 Å². The molecular weight excluding hydrogens is 313 g/mol. The number of aliphatic hydroxyl groups is 1. The highest BCUT2D eigenvalue weighted by Crippen LogP contribution is 2.25. The molecule has 1 aliphatic rings. The van der Waals surface area contributed by atoms with Crippen LogP contribution < -0.4 is 5.32 Å². The SMILES string of the molecule is O=C(CC(O)c1cc(Cl)cc(Cl)c1)NCCC1CCCO1. The number of amides is 1. The van der Waals surface area contributed by atoms with Crippen LogP contribution >= 0.6 is 23.2 Å². The van der Waals surface area contributed by atoms with E-state index in [0.717, 1.165) is 25.9 Å². The fraction of sp³-hybridized carbons (Fsp3) is 0.533. The lowest BCUT2D eigenvalue weighted by molar-refractivity contribution is -0.123. The molecule has 2 N–H and O–H groups in total. The summed E-state index contributed by atoms with van der Waals surface area (Å²) in [4.78, 5) is 11.8. The molecule has 116 valence electrons. The van der Waals surface area contributed by atoms with Gasteiger partial charge in [-0.25, -0.2) is 0 Å². The van der Waals surface area contributed by atoms with Gasteiger partial charge in [-0.2, -0.15) is 0 Å². The number of hydrogen-bond donors (Lipinski definition) is 2. The molecule has 6 heteroatoms. The van der Waals surface area contributed by atoms with E-state index in [9.17, 15) is 9.90 Å². The van der Waals surface area contributed by atoms with Crippen molar-refractivity contribution in [2.45, 2.75) is 37.9 Å². The van der Waals surface area contributed by atoms with Crippen LogP contribution in [0.3, 0.4) is 0 Å². The van der Waals surface area contributed by atoms with Crippen LogP contribution in [0.5, 0.6) is 0 Å². The average molecular weight is 332 g/mol. The summed E-state index contributed by atoms with van der Waals surface area (Å²) in [5.74, 6) is -0.198. The van der Waals surface area contributed by atoms with Gasteiger partial charge in [0.1, 0.15) is 0 Å². The van der Waals surface area contributed by atoms with Gasteiger partial charge in [0.25, 0.3) is 0 Å². The maximum absolute atomic E-state index is 11.8. The molecule has 21 heavy (non-hydrogen) atoms. The number of ether oxygens (including phenoxy) is 1. The van der Waals surface area contributed by atoms with E-state index in [-0.39, 0.29) is 18.4 Å². The van der Waals surface area contributed by atoms with Crippen LogP contribution in [0.15, 0.2) is 18.2 Å². The second kappa shape index (κ2) is 7.99. The molecule has 0 spiro atoms. The van der Waals surface area contributed by atoms with E-state index in [4.69, 9.17) is 27.9 Å². The van der Waals surface area contributed by atoms with Crippen molar-refractivity contribution >= 4 is 29.1 Å². The number of hydrogen-bond acceptors (Lipinski definition) is 3. The third-order valence-electron chi connectivity index (χ3n) is 3.46. The van der Waals surface area contributed by atoms with Gasteiger partial charge in [-0.3, -0.25) is 4.79 Å². The summed E-state index contributed by atoms with van der Waals surface area (Å²) < 4.78 is 5.48. The first-order valence-electron chi connectivity index (χ1n) is 7.07. The number of benzene rings is 1. The van der Waals surface area contributed by atoms with Crippen LogP contribution in [0, 0.1) is 0 Å². The van der Waals surface area contributed by atoms with E-state index in [0.29, 0.717) is 22.2 Å². The molecule has 2 unspecified atom stereocenters. The molecule has 0 aromatic heterocycles. The Bertz CT molecular complexity index is 470. The summed E-state index contributed by atoms with van der Waals surface area (Å²) in [5, 5.41) is 13.7. The molecule has 4 nitrogen and oxygen atoms in total.